The molecule has 0 spiro atoms. The number of carbonyl (C=O) groups is 1. The van der Waals surface area contributed by atoms with E-state index in [-0.39, 0.29) is 17.2 Å². The summed E-state index contributed by atoms with van der Waals surface area (Å²) in [5.74, 6) is -0.442. The number of nitrogens with zero attached hydrogens (tertiary/aromatic N) is 1. The first-order valence-electron chi connectivity index (χ1n) is 4.87. The summed E-state index contributed by atoms with van der Waals surface area (Å²) in [5, 5.41) is 9.82. The lowest BCUT2D eigenvalue weighted by Gasteiger charge is -2.22. The second-order valence-corrected chi connectivity index (χ2v) is 5.64. The molecule has 0 aromatic carbocycles. The molecule has 84 valence electrons. The predicted octanol–water partition coefficient (Wildman–Crippen LogP) is 3.34. The average Bonchev–Trinajstić information content (AvgIpc) is 2.01. The van der Waals surface area contributed by atoms with Gasteiger partial charge in [-0.05, 0) is 0 Å². The fourth-order valence-electron chi connectivity index (χ4n) is 0.922. The van der Waals surface area contributed by atoms with Crippen LogP contribution in [0.2, 0.25) is 0 Å². The molecule has 0 atom stereocenters. The van der Waals surface area contributed by atoms with Gasteiger partial charge >= 0.3 is 0 Å². The van der Waals surface area contributed by atoms with Gasteiger partial charge in [0.15, 0.2) is 5.78 Å². The van der Waals surface area contributed by atoms with Gasteiger partial charge in [0.1, 0.15) is 5.76 Å². The molecular formula is C12H19NO2. The molecule has 0 aliphatic rings. The van der Waals surface area contributed by atoms with E-state index in [9.17, 15) is 9.90 Å². The molecule has 1 N–H and O–H groups in total. The Hall–Kier alpha value is -1.30. The summed E-state index contributed by atoms with van der Waals surface area (Å²) in [7, 11) is 0. The van der Waals surface area contributed by atoms with Gasteiger partial charge in [0.2, 0.25) is 0 Å². The van der Waals surface area contributed by atoms with Crippen molar-refractivity contribution in [1.29, 1.82) is 0 Å². The van der Waals surface area contributed by atoms with E-state index in [1.165, 1.54) is 0 Å². The molecule has 0 aromatic heterocycles. The van der Waals surface area contributed by atoms with Crippen molar-refractivity contribution in [3.05, 3.63) is 22.9 Å². The molecule has 0 aromatic rings. The van der Waals surface area contributed by atoms with Gasteiger partial charge in [-0.25, -0.2) is 4.85 Å². The molecule has 0 aliphatic heterocycles. The number of allylic oxidation sites excluding steroid dienone is 2. The Morgan fingerprint density at radius 3 is 1.67 bits per heavy atom. The van der Waals surface area contributed by atoms with Gasteiger partial charge in [-0.15, -0.1) is 0 Å². The largest absolute Gasteiger partial charge is 0.523 e. The van der Waals surface area contributed by atoms with Crippen molar-refractivity contribution in [3.63, 3.8) is 0 Å². The fraction of sp³-hybridized carbons (Fsp3) is 0.667. The van der Waals surface area contributed by atoms with Gasteiger partial charge < -0.3 is 9.90 Å². The maximum Gasteiger partial charge on any atom is 0.266 e. The van der Waals surface area contributed by atoms with Crippen molar-refractivity contribution in [2.45, 2.75) is 41.5 Å². The highest BCUT2D eigenvalue weighted by molar-refractivity contribution is 6.01. The maximum atomic E-state index is 11.9. The van der Waals surface area contributed by atoms with E-state index in [2.05, 4.69) is 4.85 Å². The SMILES string of the molecule is [C-]#[N+]/C(C(=O)C(C)(C)C)=C(/O)C(C)(C)C. The zero-order chi connectivity index (χ0) is 12.4. The standard InChI is InChI=1S/C12H19NO2/c1-11(2,3)9(14)8(13-7)10(15)12(4,5)6/h14H,1-6H3/b9-8+. The second-order valence-electron chi connectivity index (χ2n) is 5.64. The van der Waals surface area contributed by atoms with Gasteiger partial charge in [-0.1, -0.05) is 41.5 Å². The number of ketones is 1. The number of carbonyl (C=O) groups excluding carboxylic acids is 1. The van der Waals surface area contributed by atoms with E-state index in [1.54, 1.807) is 41.5 Å². The molecule has 0 unspecified atom stereocenters. The Balaban J connectivity index is 5.49. The highest BCUT2D eigenvalue weighted by Gasteiger charge is 2.31. The Kier molecular flexibility index (Phi) is 3.71. The number of aliphatic hydroxyl groups is 1. The summed E-state index contributed by atoms with van der Waals surface area (Å²) in [6, 6.07) is 0. The van der Waals surface area contributed by atoms with Crippen LogP contribution in [-0.2, 0) is 4.79 Å². The van der Waals surface area contributed by atoms with Crippen LogP contribution in [0.1, 0.15) is 41.5 Å². The maximum absolute atomic E-state index is 11.9. The second kappa shape index (κ2) is 4.06. The van der Waals surface area contributed by atoms with Gasteiger partial charge in [-0.3, -0.25) is 0 Å². The summed E-state index contributed by atoms with van der Waals surface area (Å²) < 4.78 is 0. The summed E-state index contributed by atoms with van der Waals surface area (Å²) in [6.07, 6.45) is 0. The first-order valence-corrected chi connectivity index (χ1v) is 4.87. The first kappa shape index (κ1) is 13.7. The number of rotatable bonds is 1. The smallest absolute Gasteiger partial charge is 0.266 e. The lowest BCUT2D eigenvalue weighted by atomic mass is 9.84. The van der Waals surface area contributed by atoms with E-state index in [0.717, 1.165) is 0 Å². The van der Waals surface area contributed by atoms with Crippen LogP contribution in [0, 0.1) is 17.4 Å². The van der Waals surface area contributed by atoms with Crippen molar-refractivity contribution in [3.8, 4) is 0 Å². The molecule has 0 saturated carbocycles. The number of hydrogen-bond acceptors (Lipinski definition) is 2. The quantitative estimate of drug-likeness (QED) is 0.409. The molecule has 0 heterocycles. The minimum Gasteiger partial charge on any atom is -0.523 e. The molecule has 0 fully saturated rings. The Morgan fingerprint density at radius 2 is 1.47 bits per heavy atom. The summed E-state index contributed by atoms with van der Waals surface area (Å²) in [5.41, 5.74) is -1.35. The first-order chi connectivity index (χ1) is 6.51. The molecular weight excluding hydrogens is 190 g/mol. The van der Waals surface area contributed by atoms with Crippen molar-refractivity contribution < 1.29 is 9.90 Å². The zero-order valence-electron chi connectivity index (χ0n) is 10.3. The van der Waals surface area contributed by atoms with Crippen molar-refractivity contribution >= 4 is 5.78 Å². The third kappa shape index (κ3) is 3.39. The van der Waals surface area contributed by atoms with Crippen LogP contribution in [-0.4, -0.2) is 10.9 Å². The molecule has 15 heavy (non-hydrogen) atoms. The summed E-state index contributed by atoms with van der Waals surface area (Å²) in [6.45, 7) is 17.5. The third-order valence-electron chi connectivity index (χ3n) is 1.94. The molecule has 0 radical (unpaired) electrons. The Labute approximate surface area is 91.6 Å². The van der Waals surface area contributed by atoms with Crippen LogP contribution in [0.25, 0.3) is 4.85 Å². The number of Topliss-reactive ketones (excluding diaryl/α,β-unsaturated/α-hetero) is 1. The molecule has 3 heteroatoms. The zero-order valence-corrected chi connectivity index (χ0v) is 10.3. The summed E-state index contributed by atoms with van der Waals surface area (Å²) in [4.78, 5) is 15.0. The van der Waals surface area contributed by atoms with E-state index in [0.29, 0.717) is 0 Å². The lowest BCUT2D eigenvalue weighted by molar-refractivity contribution is -0.122. The predicted molar refractivity (Wildman–Crippen MR) is 60.2 cm³/mol. The van der Waals surface area contributed by atoms with Crippen molar-refractivity contribution in [2.75, 3.05) is 0 Å². The van der Waals surface area contributed by atoms with Crippen LogP contribution >= 0.6 is 0 Å². The monoisotopic (exact) mass is 209 g/mol. The topological polar surface area (TPSA) is 41.7 Å². The van der Waals surface area contributed by atoms with Gasteiger partial charge in [-0.2, -0.15) is 0 Å². The molecule has 0 rings (SSSR count). The molecule has 0 aliphatic carbocycles. The number of hydrogen-bond donors (Lipinski definition) is 1. The van der Waals surface area contributed by atoms with Gasteiger partial charge in [0.05, 0.1) is 6.57 Å². The number of aliphatic hydroxyl groups excluding tert-OH is 1. The Morgan fingerprint density at radius 1 is 1.07 bits per heavy atom. The van der Waals surface area contributed by atoms with Crippen molar-refractivity contribution in [2.24, 2.45) is 10.8 Å². The molecule has 0 saturated heterocycles. The van der Waals surface area contributed by atoms with Crippen LogP contribution in [0.5, 0.6) is 0 Å². The van der Waals surface area contributed by atoms with Crippen LogP contribution in [0.3, 0.4) is 0 Å². The van der Waals surface area contributed by atoms with Crippen LogP contribution in [0.15, 0.2) is 11.5 Å². The van der Waals surface area contributed by atoms with E-state index in [4.69, 9.17) is 6.57 Å². The van der Waals surface area contributed by atoms with E-state index >= 15 is 0 Å². The minimum absolute atomic E-state index is 0.127. The molecule has 0 amide bonds. The highest BCUT2D eigenvalue weighted by atomic mass is 16.3. The minimum atomic E-state index is -0.640. The van der Waals surface area contributed by atoms with Crippen LogP contribution in [0.4, 0.5) is 0 Å². The van der Waals surface area contributed by atoms with E-state index in [1.807, 2.05) is 0 Å². The molecule has 0 bridgehead atoms. The normalized spacial score (nSPS) is 14.2. The van der Waals surface area contributed by atoms with Gasteiger partial charge in [0, 0.05) is 10.8 Å². The molecule has 3 nitrogen and oxygen atoms in total. The van der Waals surface area contributed by atoms with Gasteiger partial charge in [0.25, 0.3) is 5.70 Å². The van der Waals surface area contributed by atoms with E-state index < -0.39 is 10.8 Å². The van der Waals surface area contributed by atoms with Crippen molar-refractivity contribution in [1.82, 2.24) is 0 Å². The lowest BCUT2D eigenvalue weighted by Crippen LogP contribution is -2.24. The average molecular weight is 209 g/mol. The highest BCUT2D eigenvalue weighted by Crippen LogP contribution is 2.30. The fourth-order valence-corrected chi connectivity index (χ4v) is 0.922. The third-order valence-corrected chi connectivity index (χ3v) is 1.94. The Bertz CT molecular complexity index is 332. The summed E-state index contributed by atoms with van der Waals surface area (Å²) >= 11 is 0. The van der Waals surface area contributed by atoms with Crippen LogP contribution < -0.4 is 0 Å².